The molecule has 0 amide bonds. The van der Waals surface area contributed by atoms with Gasteiger partial charge in [0.05, 0.1) is 36.9 Å². The van der Waals surface area contributed by atoms with Gasteiger partial charge in [0.2, 0.25) is 0 Å². The van der Waals surface area contributed by atoms with Gasteiger partial charge in [0.25, 0.3) is 0 Å². The van der Waals surface area contributed by atoms with Crippen LogP contribution < -0.4 is 40.4 Å². The maximum Gasteiger partial charge on any atom is 1.00 e. The minimum atomic E-state index is -1.19. The van der Waals surface area contributed by atoms with Gasteiger partial charge in [-0.15, -0.1) is 0 Å². The summed E-state index contributed by atoms with van der Waals surface area (Å²) in [7, 11) is 0. The van der Waals surface area contributed by atoms with Gasteiger partial charge >= 0.3 is 35.5 Å². The Kier molecular flexibility index (Phi) is 49.9. The van der Waals surface area contributed by atoms with Gasteiger partial charge in [0.15, 0.2) is 0 Å². The summed E-state index contributed by atoms with van der Waals surface area (Å²) in [5.41, 5.74) is 7.92. The van der Waals surface area contributed by atoms with Crippen LogP contribution in [0.4, 0.5) is 0 Å². The Morgan fingerprint density at radius 3 is 1.29 bits per heavy atom. The third-order valence-electron chi connectivity index (χ3n) is 13.2. The summed E-state index contributed by atoms with van der Waals surface area (Å²) < 4.78 is 6.19. The number of unbranched alkanes of at least 4 members (excludes halogenated alkanes) is 22. The maximum absolute atomic E-state index is 11.8. The molecule has 7 atom stereocenters. The van der Waals surface area contributed by atoms with Gasteiger partial charge in [-0.3, -0.25) is 4.79 Å². The van der Waals surface area contributed by atoms with Crippen LogP contribution in [0.1, 0.15) is 257 Å². The van der Waals surface area contributed by atoms with Gasteiger partial charge in [-0.25, -0.2) is 0 Å². The van der Waals surface area contributed by atoms with Crippen molar-refractivity contribution in [3.05, 3.63) is 71.8 Å². The van der Waals surface area contributed by atoms with Crippen molar-refractivity contribution in [3.8, 4) is 0 Å². The third-order valence-corrected chi connectivity index (χ3v) is 13.2. The molecule has 0 aliphatic rings. The Bertz CT molecular complexity index is 1390. The summed E-state index contributed by atoms with van der Waals surface area (Å²) in [5.74, 6) is -3.63. The first-order valence-corrected chi connectivity index (χ1v) is 27.8. The molecule has 0 radical (unpaired) electrons. The van der Waals surface area contributed by atoms with Crippen molar-refractivity contribution in [1.82, 2.24) is 0 Å². The number of ether oxygens (including phenoxy) is 1. The molecule has 0 unspecified atom stereocenters. The summed E-state index contributed by atoms with van der Waals surface area (Å²) in [6, 6.07) is 20.3. The number of aliphatic carboxylic acids is 2. The molecule has 394 valence electrons. The van der Waals surface area contributed by atoms with Crippen molar-refractivity contribution in [3.63, 3.8) is 0 Å². The van der Waals surface area contributed by atoms with E-state index in [-0.39, 0.29) is 48.1 Å². The normalized spacial score (nSPS) is 14.1. The fraction of sp³-hybridized carbons (Fsp3) is 0.763. The van der Waals surface area contributed by atoms with Gasteiger partial charge in [-0.2, -0.15) is 0 Å². The topological polar surface area (TPSA) is 173 Å². The fourth-order valence-electron chi connectivity index (χ4n) is 8.71. The number of aliphatic hydroxyl groups excluding tert-OH is 3. The molecule has 0 saturated heterocycles. The zero-order chi connectivity index (χ0) is 50.5. The number of aliphatic hydroxyl groups is 3. The zero-order valence-electron chi connectivity index (χ0n) is 45.1. The molecule has 0 fully saturated rings. The van der Waals surface area contributed by atoms with Crippen LogP contribution >= 0.6 is 0 Å². The summed E-state index contributed by atoms with van der Waals surface area (Å²) in [6.07, 6.45) is 31.0. The van der Waals surface area contributed by atoms with E-state index in [1.54, 1.807) is 0 Å². The van der Waals surface area contributed by atoms with E-state index in [1.807, 2.05) is 67.6 Å². The molecule has 0 aliphatic heterocycles. The Balaban J connectivity index is 0. The van der Waals surface area contributed by atoms with Gasteiger partial charge in [-0.05, 0) is 50.2 Å². The Hall–Kier alpha value is -1.82. The van der Waals surface area contributed by atoms with Gasteiger partial charge in [-0.1, -0.05) is 255 Å². The van der Waals surface area contributed by atoms with E-state index in [2.05, 4.69) is 27.7 Å². The van der Waals surface area contributed by atoms with Crippen LogP contribution in [0.5, 0.6) is 0 Å². The molecule has 2 aromatic rings. The first-order chi connectivity index (χ1) is 32.9. The number of carboxylic acids is 2. The van der Waals surface area contributed by atoms with E-state index in [4.69, 9.17) is 10.5 Å². The van der Waals surface area contributed by atoms with Crippen LogP contribution in [-0.4, -0.2) is 56.8 Å². The number of carbonyl (C=O) groups is 2. The van der Waals surface area contributed by atoms with Crippen LogP contribution in [0.3, 0.4) is 0 Å². The minimum Gasteiger partial charge on any atom is -0.550 e. The third kappa shape index (κ3) is 41.4. The Labute approximate surface area is 445 Å². The van der Waals surface area contributed by atoms with Gasteiger partial charge in [0.1, 0.15) is 0 Å². The summed E-state index contributed by atoms with van der Waals surface area (Å²) in [4.78, 5) is 23.1. The van der Waals surface area contributed by atoms with Crippen LogP contribution in [0.2, 0.25) is 0 Å². The average molecular weight is 978 g/mol. The molecular formula is C59H104NNaO8. The molecule has 0 heterocycles. The number of benzene rings is 2. The zero-order valence-corrected chi connectivity index (χ0v) is 47.1. The largest absolute Gasteiger partial charge is 1.00 e. The van der Waals surface area contributed by atoms with Crippen molar-refractivity contribution < 1.29 is 69.4 Å². The second-order valence-corrected chi connectivity index (χ2v) is 19.7. The molecule has 0 aliphatic carbocycles. The monoisotopic (exact) mass is 978 g/mol. The first-order valence-electron chi connectivity index (χ1n) is 27.8. The predicted molar refractivity (Wildman–Crippen MR) is 282 cm³/mol. The minimum absolute atomic E-state index is 0. The van der Waals surface area contributed by atoms with E-state index in [0.717, 1.165) is 82.6 Å². The van der Waals surface area contributed by atoms with Crippen molar-refractivity contribution in [2.45, 2.75) is 277 Å². The van der Waals surface area contributed by atoms with Crippen LogP contribution in [0, 0.1) is 11.8 Å². The van der Waals surface area contributed by atoms with E-state index in [9.17, 15) is 35.1 Å². The standard InChI is InChI=1S/C29H50O4.C22H44O4.C8H11N.Na/c1-3-5-7-9-10-11-12-13-17-21-26(33-24-25-19-15-14-16-20-25)23-28(30)27(29(31)32)22-18-8-6-4-2;1-3-5-7-9-10-11-12-13-14-16-19(23)18-21(24)20(22(25)26)17-15-8-6-4-2;1-7(9)8-5-3-2-4-6-8;/h14-16,19-20,26-28,30H,3-13,17-18,21-24H2,1-2H3,(H,31,32);19-21,23-24H,3-18H2,1-2H3,(H,25,26);2-7H,9H2,1H3;/q;;;+1/p-1/t26-,27+,28+;19-,20+,21+;7-;/m111./s1. The molecule has 69 heavy (non-hydrogen) atoms. The number of carbonyl (C=O) groups excluding carboxylic acids is 1. The second-order valence-electron chi connectivity index (χ2n) is 19.7. The van der Waals surface area contributed by atoms with Crippen LogP contribution in [-0.2, 0) is 20.9 Å². The van der Waals surface area contributed by atoms with Crippen molar-refractivity contribution in [2.24, 2.45) is 17.6 Å². The van der Waals surface area contributed by atoms with Crippen LogP contribution in [0.15, 0.2) is 60.7 Å². The molecule has 2 rings (SSSR count). The molecule has 0 aromatic heterocycles. The fourth-order valence-corrected chi connectivity index (χ4v) is 8.71. The van der Waals surface area contributed by atoms with Crippen molar-refractivity contribution >= 4 is 11.9 Å². The Morgan fingerprint density at radius 1 is 0.522 bits per heavy atom. The van der Waals surface area contributed by atoms with E-state index < -0.39 is 42.1 Å². The molecular weight excluding hydrogens is 874 g/mol. The van der Waals surface area contributed by atoms with Gasteiger partial charge < -0.3 is 40.8 Å². The number of rotatable bonds is 42. The number of carboxylic acid groups (broad SMARTS) is 2. The van der Waals surface area contributed by atoms with E-state index in [1.165, 1.54) is 102 Å². The maximum atomic E-state index is 11.8. The van der Waals surface area contributed by atoms with Crippen molar-refractivity contribution in [1.29, 1.82) is 0 Å². The first kappa shape index (κ1) is 69.3. The molecule has 0 bridgehead atoms. The smallest absolute Gasteiger partial charge is 0.550 e. The quantitative estimate of drug-likeness (QED) is 0.0320. The summed E-state index contributed by atoms with van der Waals surface area (Å²) in [5, 5.41) is 52.0. The molecule has 6 N–H and O–H groups in total. The van der Waals surface area contributed by atoms with Crippen molar-refractivity contribution in [2.75, 3.05) is 0 Å². The average Bonchev–Trinajstić information content (AvgIpc) is 3.32. The number of hydrogen-bond donors (Lipinski definition) is 5. The SMILES string of the molecule is CCCCCCCCCCC[C@@H](O)C[C@H](O)[C@H](CCCCCC)C(=O)[O-].CCCCCCCCCCC[C@H](C[C@H](O)[C@H](CCCCCC)C(=O)O)OCc1ccccc1.C[C@@H](N)c1ccccc1.[Na+]. The molecule has 0 saturated carbocycles. The second kappa shape index (κ2) is 49.7. The summed E-state index contributed by atoms with van der Waals surface area (Å²) in [6.45, 7) is 11.2. The number of hydrogen-bond acceptors (Lipinski definition) is 8. The van der Waals surface area contributed by atoms with Gasteiger partial charge in [0, 0.05) is 24.3 Å². The van der Waals surface area contributed by atoms with Crippen LogP contribution in [0.25, 0.3) is 0 Å². The molecule has 10 heteroatoms. The summed E-state index contributed by atoms with van der Waals surface area (Å²) >= 11 is 0. The van der Waals surface area contributed by atoms with E-state index >= 15 is 0 Å². The number of nitrogens with two attached hydrogens (primary N) is 1. The predicted octanol–water partition coefficient (Wildman–Crippen LogP) is 11.0. The Morgan fingerprint density at radius 2 is 0.884 bits per heavy atom. The van der Waals surface area contributed by atoms with E-state index in [0.29, 0.717) is 32.3 Å². The molecule has 2 aromatic carbocycles. The molecule has 0 spiro atoms. The molecule has 9 nitrogen and oxygen atoms in total.